The van der Waals surface area contributed by atoms with E-state index < -0.39 is 15.7 Å². The maximum absolute atomic E-state index is 13.5. The van der Waals surface area contributed by atoms with Crippen LogP contribution in [0.5, 0.6) is 0 Å². The molecular formula is C22H21NOS. The van der Waals surface area contributed by atoms with E-state index in [1.165, 1.54) is 11.1 Å². The van der Waals surface area contributed by atoms with Crippen LogP contribution in [0.15, 0.2) is 89.8 Å². The van der Waals surface area contributed by atoms with Gasteiger partial charge in [-0.05, 0) is 43.7 Å². The van der Waals surface area contributed by atoms with Crippen molar-refractivity contribution in [2.75, 3.05) is 4.90 Å². The van der Waals surface area contributed by atoms with Crippen LogP contribution in [0.1, 0.15) is 24.1 Å². The van der Waals surface area contributed by atoms with Gasteiger partial charge in [-0.25, -0.2) is 0 Å². The van der Waals surface area contributed by atoms with Gasteiger partial charge in [0.05, 0.1) is 16.8 Å². The van der Waals surface area contributed by atoms with Crippen molar-refractivity contribution in [1.82, 2.24) is 0 Å². The highest BCUT2D eigenvalue weighted by Crippen LogP contribution is 2.58. The molecule has 4 rings (SSSR count). The predicted octanol–water partition coefficient (Wildman–Crippen LogP) is 5.08. The molecule has 25 heavy (non-hydrogen) atoms. The van der Waals surface area contributed by atoms with E-state index in [2.05, 4.69) is 43.0 Å². The summed E-state index contributed by atoms with van der Waals surface area (Å²) in [5, 5.41) is 0. The SMILES string of the molecule is Cc1ccc(S(=O)[C@@]2(C)[C@H](c3ccccc3)N2c2ccccc2)cc1. The zero-order valence-electron chi connectivity index (χ0n) is 14.4. The standard InChI is InChI=1S/C22H21NOS/c1-17-13-15-20(16-14-17)25(24)22(2)21(18-9-5-3-6-10-18)23(22)19-11-7-4-8-12-19/h3-16,21H,1-2H3/t21-,22-,23?,25?/m0/s1. The number of hydrogen-bond acceptors (Lipinski definition) is 2. The van der Waals surface area contributed by atoms with Gasteiger partial charge in [0, 0.05) is 10.6 Å². The third-order valence-corrected chi connectivity index (χ3v) is 6.81. The third-order valence-electron chi connectivity index (χ3n) is 4.94. The van der Waals surface area contributed by atoms with Gasteiger partial charge in [0.2, 0.25) is 0 Å². The summed E-state index contributed by atoms with van der Waals surface area (Å²) in [5.74, 6) is 0. The number of benzene rings is 3. The summed E-state index contributed by atoms with van der Waals surface area (Å²) in [6, 6.07) is 28.8. The first-order chi connectivity index (χ1) is 12.1. The maximum atomic E-state index is 13.5. The zero-order valence-corrected chi connectivity index (χ0v) is 15.2. The topological polar surface area (TPSA) is 20.1 Å². The summed E-state index contributed by atoms with van der Waals surface area (Å²) >= 11 is 0. The fourth-order valence-electron chi connectivity index (χ4n) is 3.55. The van der Waals surface area contributed by atoms with Crippen molar-refractivity contribution in [1.29, 1.82) is 0 Å². The van der Waals surface area contributed by atoms with Crippen molar-refractivity contribution >= 4 is 16.5 Å². The molecule has 3 atom stereocenters. The van der Waals surface area contributed by atoms with Gasteiger partial charge in [0.25, 0.3) is 0 Å². The minimum atomic E-state index is -1.13. The molecule has 0 saturated carbocycles. The number of nitrogens with zero attached hydrogens (tertiary/aromatic N) is 1. The van der Waals surface area contributed by atoms with E-state index in [0.717, 1.165) is 10.6 Å². The Bertz CT molecular complexity index is 845. The molecule has 1 saturated heterocycles. The normalized spacial score (nSPS) is 23.3. The molecule has 1 fully saturated rings. The van der Waals surface area contributed by atoms with Gasteiger partial charge in [-0.1, -0.05) is 66.2 Å². The van der Waals surface area contributed by atoms with Gasteiger partial charge in [-0.3, -0.25) is 4.21 Å². The van der Waals surface area contributed by atoms with Gasteiger partial charge in [-0.2, -0.15) is 0 Å². The summed E-state index contributed by atoms with van der Waals surface area (Å²) < 4.78 is 13.5. The Morgan fingerprint density at radius 1 is 0.840 bits per heavy atom. The van der Waals surface area contributed by atoms with E-state index in [4.69, 9.17) is 0 Å². The van der Waals surface area contributed by atoms with Crippen LogP contribution in [-0.4, -0.2) is 9.08 Å². The van der Waals surface area contributed by atoms with Gasteiger partial charge in [-0.15, -0.1) is 0 Å². The highest BCUT2D eigenvalue weighted by atomic mass is 32.2. The van der Waals surface area contributed by atoms with Crippen LogP contribution in [0.4, 0.5) is 5.69 Å². The quantitative estimate of drug-likeness (QED) is 0.613. The van der Waals surface area contributed by atoms with Gasteiger partial charge in [0.15, 0.2) is 0 Å². The lowest BCUT2D eigenvalue weighted by molar-refractivity contribution is 0.670. The monoisotopic (exact) mass is 347 g/mol. The number of para-hydroxylation sites is 1. The zero-order chi connectivity index (χ0) is 17.4. The second-order valence-corrected chi connectivity index (χ2v) is 8.49. The van der Waals surface area contributed by atoms with Crippen LogP contribution in [-0.2, 0) is 10.8 Å². The lowest BCUT2D eigenvalue weighted by Crippen LogP contribution is -2.21. The molecule has 1 aliphatic heterocycles. The molecule has 0 N–H and O–H groups in total. The first kappa shape index (κ1) is 16.1. The van der Waals surface area contributed by atoms with Gasteiger partial charge < -0.3 is 4.90 Å². The smallest absolute Gasteiger partial charge is 0.143 e. The van der Waals surface area contributed by atoms with Crippen LogP contribution in [0.25, 0.3) is 0 Å². The summed E-state index contributed by atoms with van der Waals surface area (Å²) in [7, 11) is -1.13. The van der Waals surface area contributed by atoms with Crippen molar-refractivity contribution < 1.29 is 4.21 Å². The molecule has 0 bridgehead atoms. The molecule has 1 heterocycles. The first-order valence-electron chi connectivity index (χ1n) is 8.50. The van der Waals surface area contributed by atoms with Crippen LogP contribution < -0.4 is 4.90 Å². The molecule has 0 amide bonds. The number of aryl methyl sites for hydroxylation is 1. The average Bonchev–Trinajstić information content (AvgIpc) is 3.30. The second kappa shape index (κ2) is 6.16. The summed E-state index contributed by atoms with van der Waals surface area (Å²) in [6.07, 6.45) is 0. The highest BCUT2D eigenvalue weighted by Gasteiger charge is 2.64. The third kappa shape index (κ3) is 2.69. The maximum Gasteiger partial charge on any atom is 0.143 e. The Labute approximate surface area is 151 Å². The van der Waals surface area contributed by atoms with E-state index in [0.29, 0.717) is 0 Å². The van der Waals surface area contributed by atoms with E-state index in [1.807, 2.05) is 60.7 Å². The molecule has 126 valence electrons. The van der Waals surface area contributed by atoms with E-state index in [9.17, 15) is 4.21 Å². The fourth-order valence-corrected chi connectivity index (χ4v) is 5.19. The molecule has 0 aromatic heterocycles. The Kier molecular flexibility index (Phi) is 3.97. The molecule has 1 aliphatic rings. The Morgan fingerprint density at radius 3 is 2.00 bits per heavy atom. The van der Waals surface area contributed by atoms with E-state index in [-0.39, 0.29) is 6.04 Å². The van der Waals surface area contributed by atoms with Crippen molar-refractivity contribution in [3.8, 4) is 0 Å². The number of hydrogen-bond donors (Lipinski definition) is 0. The fraction of sp³-hybridized carbons (Fsp3) is 0.182. The van der Waals surface area contributed by atoms with Crippen molar-refractivity contribution in [2.24, 2.45) is 0 Å². The number of anilines is 1. The van der Waals surface area contributed by atoms with Crippen LogP contribution in [0.2, 0.25) is 0 Å². The molecular weight excluding hydrogens is 326 g/mol. The summed E-state index contributed by atoms with van der Waals surface area (Å²) in [5.41, 5.74) is 3.50. The Morgan fingerprint density at radius 2 is 1.40 bits per heavy atom. The molecule has 1 unspecified atom stereocenters. The van der Waals surface area contributed by atoms with Gasteiger partial charge >= 0.3 is 0 Å². The van der Waals surface area contributed by atoms with Crippen LogP contribution in [0, 0.1) is 6.92 Å². The molecule has 3 aromatic carbocycles. The van der Waals surface area contributed by atoms with Crippen LogP contribution >= 0.6 is 0 Å². The predicted molar refractivity (Wildman–Crippen MR) is 104 cm³/mol. The highest BCUT2D eigenvalue weighted by molar-refractivity contribution is 7.87. The Hall–Kier alpha value is -2.39. The Balaban J connectivity index is 1.77. The average molecular weight is 347 g/mol. The summed E-state index contributed by atoms with van der Waals surface area (Å²) in [4.78, 5) is 2.71. The minimum absolute atomic E-state index is 0.109. The largest absolute Gasteiger partial charge is 0.342 e. The summed E-state index contributed by atoms with van der Waals surface area (Å²) in [6.45, 7) is 4.15. The second-order valence-electron chi connectivity index (χ2n) is 6.66. The number of rotatable bonds is 4. The van der Waals surface area contributed by atoms with E-state index in [1.54, 1.807) is 0 Å². The van der Waals surface area contributed by atoms with Crippen LogP contribution in [0.3, 0.4) is 0 Å². The molecule has 0 aliphatic carbocycles. The van der Waals surface area contributed by atoms with Crippen molar-refractivity contribution in [3.05, 3.63) is 96.1 Å². The molecule has 3 aromatic rings. The first-order valence-corrected chi connectivity index (χ1v) is 9.65. The van der Waals surface area contributed by atoms with Crippen molar-refractivity contribution in [2.45, 2.75) is 29.7 Å². The van der Waals surface area contributed by atoms with Crippen molar-refractivity contribution in [3.63, 3.8) is 0 Å². The molecule has 2 nitrogen and oxygen atoms in total. The lowest BCUT2D eigenvalue weighted by Gasteiger charge is -2.13. The molecule has 0 spiro atoms. The lowest BCUT2D eigenvalue weighted by atomic mass is 10.1. The minimum Gasteiger partial charge on any atom is -0.342 e. The molecule has 3 heteroatoms. The van der Waals surface area contributed by atoms with Gasteiger partial charge in [0.1, 0.15) is 4.87 Å². The molecule has 0 radical (unpaired) electrons. The van der Waals surface area contributed by atoms with E-state index >= 15 is 0 Å².